The van der Waals surface area contributed by atoms with Gasteiger partial charge < -0.3 is 5.11 Å². The number of anilines is 1. The van der Waals surface area contributed by atoms with E-state index < -0.39 is 27.6 Å². The minimum Gasteiger partial charge on any atom is -0.480 e. The predicted octanol–water partition coefficient (Wildman–Crippen LogP) is 0.233. The van der Waals surface area contributed by atoms with Crippen LogP contribution in [0.4, 0.5) is 10.1 Å². The Balaban J connectivity index is 2.24. The van der Waals surface area contributed by atoms with Gasteiger partial charge in [0.1, 0.15) is 18.3 Å². The van der Waals surface area contributed by atoms with Gasteiger partial charge in [-0.1, -0.05) is 0 Å². The average Bonchev–Trinajstić information content (AvgIpc) is 2.79. The summed E-state index contributed by atoms with van der Waals surface area (Å²) in [4.78, 5) is 14.0. The lowest BCUT2D eigenvalue weighted by atomic mass is 10.3. The van der Waals surface area contributed by atoms with Gasteiger partial charge in [0.2, 0.25) is 10.0 Å². The van der Waals surface area contributed by atoms with Crippen molar-refractivity contribution >= 4 is 21.7 Å². The zero-order valence-electron chi connectivity index (χ0n) is 9.89. The molecule has 0 fully saturated rings. The molecule has 1 aromatic carbocycles. The number of aromatic nitrogens is 3. The van der Waals surface area contributed by atoms with E-state index >= 15 is 0 Å². The topological polar surface area (TPSA) is 114 Å². The number of hydrogen-bond acceptors (Lipinski definition) is 5. The number of benzene rings is 1. The van der Waals surface area contributed by atoms with E-state index in [-0.39, 0.29) is 11.4 Å². The minimum absolute atomic E-state index is 0.0763. The quantitative estimate of drug-likeness (QED) is 0.817. The van der Waals surface area contributed by atoms with Crippen LogP contribution in [0.25, 0.3) is 5.69 Å². The molecule has 2 rings (SSSR count). The highest BCUT2D eigenvalue weighted by Crippen LogP contribution is 2.18. The summed E-state index contributed by atoms with van der Waals surface area (Å²) in [5.74, 6) is -3.33. The first-order valence-corrected chi connectivity index (χ1v) is 6.89. The number of nitrogens with one attached hydrogen (secondary N) is 1. The summed E-state index contributed by atoms with van der Waals surface area (Å²) in [6.45, 7) is 0. The van der Waals surface area contributed by atoms with Gasteiger partial charge in [-0.05, 0) is 12.1 Å². The van der Waals surface area contributed by atoms with Gasteiger partial charge in [-0.15, -0.1) is 0 Å². The largest absolute Gasteiger partial charge is 0.480 e. The maximum atomic E-state index is 13.8. The fraction of sp³-hybridized carbons (Fsp3) is 0.100. The maximum Gasteiger partial charge on any atom is 0.320 e. The Kier molecular flexibility index (Phi) is 3.66. The van der Waals surface area contributed by atoms with E-state index in [1.165, 1.54) is 29.5 Å². The van der Waals surface area contributed by atoms with Crippen molar-refractivity contribution in [3.63, 3.8) is 0 Å². The Hall–Kier alpha value is -2.49. The Morgan fingerprint density at radius 3 is 2.75 bits per heavy atom. The van der Waals surface area contributed by atoms with Gasteiger partial charge in [0.05, 0.1) is 5.69 Å². The van der Waals surface area contributed by atoms with E-state index in [4.69, 9.17) is 5.11 Å². The van der Waals surface area contributed by atoms with Gasteiger partial charge in [0.15, 0.2) is 11.6 Å². The van der Waals surface area contributed by atoms with Crippen LogP contribution in [0.2, 0.25) is 0 Å². The molecular formula is C10H9FN4O4S. The van der Waals surface area contributed by atoms with Crippen molar-refractivity contribution in [3.8, 4) is 5.69 Å². The van der Waals surface area contributed by atoms with Crippen molar-refractivity contribution in [1.29, 1.82) is 0 Å². The lowest BCUT2D eigenvalue weighted by Gasteiger charge is -2.08. The molecule has 0 aliphatic heterocycles. The van der Waals surface area contributed by atoms with E-state index in [2.05, 4.69) is 10.1 Å². The molecule has 0 saturated heterocycles. The molecule has 106 valence electrons. The van der Waals surface area contributed by atoms with Crippen molar-refractivity contribution < 1.29 is 22.7 Å². The number of aliphatic carboxylic acids is 1. The molecule has 0 unspecified atom stereocenters. The smallest absolute Gasteiger partial charge is 0.320 e. The molecule has 1 aromatic heterocycles. The first-order chi connectivity index (χ1) is 9.37. The van der Waals surface area contributed by atoms with Crippen LogP contribution >= 0.6 is 0 Å². The number of nitrogens with zero attached hydrogens (tertiary/aromatic N) is 3. The molecule has 0 bridgehead atoms. The molecule has 8 nitrogen and oxygen atoms in total. The highest BCUT2D eigenvalue weighted by Gasteiger charge is 2.16. The molecule has 1 heterocycles. The van der Waals surface area contributed by atoms with Crippen molar-refractivity contribution in [2.24, 2.45) is 0 Å². The fourth-order valence-electron chi connectivity index (χ4n) is 1.47. The number of carboxylic acids is 1. The number of carboxylic acid groups (broad SMARTS) is 1. The summed E-state index contributed by atoms with van der Waals surface area (Å²) in [5.41, 5.74) is 0.0105. The molecule has 0 aliphatic rings. The summed E-state index contributed by atoms with van der Waals surface area (Å²) in [7, 11) is -4.07. The van der Waals surface area contributed by atoms with Crippen LogP contribution in [-0.2, 0) is 14.8 Å². The number of carbonyl (C=O) groups is 1. The molecule has 0 aliphatic carbocycles. The van der Waals surface area contributed by atoms with Crippen LogP contribution in [0.3, 0.4) is 0 Å². The van der Waals surface area contributed by atoms with Gasteiger partial charge in [0.25, 0.3) is 0 Å². The zero-order chi connectivity index (χ0) is 14.8. The van der Waals surface area contributed by atoms with Gasteiger partial charge >= 0.3 is 5.97 Å². The third kappa shape index (κ3) is 3.29. The van der Waals surface area contributed by atoms with Gasteiger partial charge in [-0.25, -0.2) is 22.5 Å². The summed E-state index contributed by atoms with van der Waals surface area (Å²) < 4.78 is 39.7. The van der Waals surface area contributed by atoms with Crippen molar-refractivity contribution in [2.75, 3.05) is 10.5 Å². The second-order valence-corrected chi connectivity index (χ2v) is 5.48. The van der Waals surface area contributed by atoms with Crippen molar-refractivity contribution in [1.82, 2.24) is 14.8 Å². The molecule has 2 N–H and O–H groups in total. The van der Waals surface area contributed by atoms with E-state index in [0.29, 0.717) is 0 Å². The van der Waals surface area contributed by atoms with Gasteiger partial charge in [-0.3, -0.25) is 9.52 Å². The number of rotatable bonds is 5. The SMILES string of the molecule is O=C(O)CS(=O)(=O)Nc1ccc(-n2cncn2)c(F)c1. The van der Waals surface area contributed by atoms with Gasteiger partial charge in [0, 0.05) is 6.07 Å². The monoisotopic (exact) mass is 300 g/mol. The number of halogens is 1. The molecule has 10 heteroatoms. The highest BCUT2D eigenvalue weighted by molar-refractivity contribution is 7.93. The standard InChI is InChI=1S/C10H9FN4O4S/c11-8-3-7(14-20(18,19)4-10(16)17)1-2-9(8)15-6-12-5-13-15/h1-3,5-6,14H,4H2,(H,16,17). The predicted molar refractivity (Wildman–Crippen MR) is 66.4 cm³/mol. The molecule has 2 aromatic rings. The molecular weight excluding hydrogens is 291 g/mol. The highest BCUT2D eigenvalue weighted by atomic mass is 32.2. The van der Waals surface area contributed by atoms with Crippen LogP contribution in [0.15, 0.2) is 30.9 Å². The average molecular weight is 300 g/mol. The molecule has 0 saturated carbocycles. The minimum atomic E-state index is -4.07. The van der Waals surface area contributed by atoms with E-state index in [0.717, 1.165) is 6.07 Å². The summed E-state index contributed by atoms with van der Waals surface area (Å²) in [6.07, 6.45) is 2.51. The normalized spacial score (nSPS) is 11.2. The lowest BCUT2D eigenvalue weighted by molar-refractivity contribution is -0.134. The summed E-state index contributed by atoms with van der Waals surface area (Å²) >= 11 is 0. The molecule has 0 atom stereocenters. The van der Waals surface area contributed by atoms with Gasteiger partial charge in [-0.2, -0.15) is 5.10 Å². The van der Waals surface area contributed by atoms with Crippen LogP contribution in [0, 0.1) is 5.82 Å². The Labute approximate surface area is 112 Å². The van der Waals surface area contributed by atoms with Crippen molar-refractivity contribution in [3.05, 3.63) is 36.7 Å². The van der Waals surface area contributed by atoms with Crippen LogP contribution < -0.4 is 4.72 Å². The summed E-state index contributed by atoms with van der Waals surface area (Å²) in [6, 6.07) is 3.51. The molecule has 0 spiro atoms. The van der Waals surface area contributed by atoms with Crippen LogP contribution in [0.5, 0.6) is 0 Å². The third-order valence-corrected chi connectivity index (χ3v) is 3.37. The Morgan fingerprint density at radius 1 is 1.45 bits per heavy atom. The lowest BCUT2D eigenvalue weighted by Crippen LogP contribution is -2.22. The van der Waals surface area contributed by atoms with E-state index in [1.807, 2.05) is 4.72 Å². The first-order valence-electron chi connectivity index (χ1n) is 5.24. The Bertz CT molecular complexity index is 730. The Morgan fingerprint density at radius 2 is 2.20 bits per heavy atom. The fourth-order valence-corrected chi connectivity index (χ4v) is 2.35. The first kappa shape index (κ1) is 13.9. The van der Waals surface area contributed by atoms with Crippen molar-refractivity contribution in [2.45, 2.75) is 0 Å². The number of hydrogen-bond donors (Lipinski definition) is 2. The van der Waals surface area contributed by atoms with Crippen LogP contribution in [-0.4, -0.2) is 40.0 Å². The maximum absolute atomic E-state index is 13.8. The van der Waals surface area contributed by atoms with E-state index in [9.17, 15) is 17.6 Å². The second kappa shape index (κ2) is 5.25. The molecule has 0 radical (unpaired) electrons. The zero-order valence-corrected chi connectivity index (χ0v) is 10.7. The third-order valence-electron chi connectivity index (χ3n) is 2.20. The van der Waals surface area contributed by atoms with E-state index in [1.54, 1.807) is 0 Å². The number of sulfonamides is 1. The molecule has 20 heavy (non-hydrogen) atoms. The second-order valence-electron chi connectivity index (χ2n) is 3.76. The summed E-state index contributed by atoms with van der Waals surface area (Å²) in [5, 5.41) is 12.2. The molecule has 0 amide bonds. The van der Waals surface area contributed by atoms with Crippen LogP contribution in [0.1, 0.15) is 0 Å².